The van der Waals surface area contributed by atoms with Crippen molar-refractivity contribution in [2.45, 2.75) is 11.7 Å². The highest BCUT2D eigenvalue weighted by Crippen LogP contribution is 2.18. The molecule has 1 N–H and O–H groups in total. The standard InChI is InChI=1S/C20H17N7O3S/c1-31(29,30)20-24-18(16-6-2-5-9-27(16)20)19(28)23-14-10-21-26(12-14)13-15-11-25-8-4-3-7-17(25)22-15/h2-12H,13H2,1H3,(H,23,28). The number of imidazole rings is 2. The molecule has 0 aromatic carbocycles. The molecule has 0 saturated carbocycles. The highest BCUT2D eigenvalue weighted by Gasteiger charge is 2.23. The number of carbonyl (C=O) groups excluding carboxylic acids is 1. The monoisotopic (exact) mass is 435 g/mol. The van der Waals surface area contributed by atoms with E-state index in [-0.39, 0.29) is 10.9 Å². The number of fused-ring (bicyclic) bond motifs is 2. The maximum absolute atomic E-state index is 12.8. The van der Waals surface area contributed by atoms with Gasteiger partial charge in [-0.2, -0.15) is 5.10 Å². The van der Waals surface area contributed by atoms with E-state index in [9.17, 15) is 13.2 Å². The number of anilines is 1. The minimum Gasteiger partial charge on any atom is -0.318 e. The van der Waals surface area contributed by atoms with Crippen LogP contribution in [0.2, 0.25) is 0 Å². The zero-order chi connectivity index (χ0) is 21.6. The Bertz CT molecular complexity index is 1510. The zero-order valence-electron chi connectivity index (χ0n) is 16.4. The number of hydrogen-bond acceptors (Lipinski definition) is 6. The van der Waals surface area contributed by atoms with E-state index < -0.39 is 15.7 Å². The summed E-state index contributed by atoms with van der Waals surface area (Å²) in [5, 5.41) is 6.81. The van der Waals surface area contributed by atoms with E-state index >= 15 is 0 Å². The largest absolute Gasteiger partial charge is 0.318 e. The predicted molar refractivity (Wildman–Crippen MR) is 113 cm³/mol. The summed E-state index contributed by atoms with van der Waals surface area (Å²) in [6.07, 6.45) is 9.64. The van der Waals surface area contributed by atoms with E-state index in [0.29, 0.717) is 17.7 Å². The van der Waals surface area contributed by atoms with E-state index in [4.69, 9.17) is 0 Å². The molecule has 156 valence electrons. The lowest BCUT2D eigenvalue weighted by atomic mass is 10.3. The predicted octanol–water partition coefficient (Wildman–Crippen LogP) is 1.88. The lowest BCUT2D eigenvalue weighted by Crippen LogP contribution is -2.12. The third kappa shape index (κ3) is 3.55. The SMILES string of the molecule is CS(=O)(=O)c1nc(C(=O)Nc2cnn(Cc3cn4ccccc4n3)c2)c2ccccn12. The maximum Gasteiger partial charge on any atom is 0.276 e. The van der Waals surface area contributed by atoms with Gasteiger partial charge in [0.25, 0.3) is 5.91 Å². The molecule has 11 heteroatoms. The smallest absolute Gasteiger partial charge is 0.276 e. The summed E-state index contributed by atoms with van der Waals surface area (Å²) in [7, 11) is -3.61. The lowest BCUT2D eigenvalue weighted by Gasteiger charge is -2.00. The molecule has 5 heterocycles. The molecule has 0 fully saturated rings. The summed E-state index contributed by atoms with van der Waals surface area (Å²) < 4.78 is 29.1. The van der Waals surface area contributed by atoms with Crippen molar-refractivity contribution in [1.82, 2.24) is 28.5 Å². The third-order valence-corrected chi connectivity index (χ3v) is 5.64. The van der Waals surface area contributed by atoms with Gasteiger partial charge in [0.1, 0.15) is 5.65 Å². The Kier molecular flexibility index (Phi) is 4.33. The molecule has 0 spiro atoms. The molecule has 5 aromatic rings. The second-order valence-corrected chi connectivity index (χ2v) is 8.96. The Morgan fingerprint density at radius 1 is 1.06 bits per heavy atom. The zero-order valence-corrected chi connectivity index (χ0v) is 17.2. The summed E-state index contributed by atoms with van der Waals surface area (Å²) >= 11 is 0. The van der Waals surface area contributed by atoms with Crippen molar-refractivity contribution in [2.75, 3.05) is 11.6 Å². The fraction of sp³-hybridized carbons (Fsp3) is 0.100. The Labute approximate surface area is 176 Å². The van der Waals surface area contributed by atoms with Crippen molar-refractivity contribution in [1.29, 1.82) is 0 Å². The van der Waals surface area contributed by atoms with Gasteiger partial charge in [0.2, 0.25) is 15.0 Å². The van der Waals surface area contributed by atoms with Crippen LogP contribution in [-0.2, 0) is 16.4 Å². The summed E-state index contributed by atoms with van der Waals surface area (Å²) in [6.45, 7) is 0.434. The Balaban J connectivity index is 1.39. The lowest BCUT2D eigenvalue weighted by molar-refractivity contribution is 0.102. The van der Waals surface area contributed by atoms with Crippen LogP contribution in [0.4, 0.5) is 5.69 Å². The summed E-state index contributed by atoms with van der Waals surface area (Å²) in [5.74, 6) is -0.522. The van der Waals surface area contributed by atoms with Crippen LogP contribution in [0.5, 0.6) is 0 Å². The molecular weight excluding hydrogens is 418 g/mol. The molecule has 0 unspecified atom stereocenters. The van der Waals surface area contributed by atoms with Gasteiger partial charge in [-0.25, -0.2) is 18.4 Å². The van der Waals surface area contributed by atoms with Gasteiger partial charge in [0.05, 0.1) is 29.6 Å². The second kappa shape index (κ2) is 7.06. The Morgan fingerprint density at radius 3 is 2.68 bits per heavy atom. The van der Waals surface area contributed by atoms with Gasteiger partial charge in [0, 0.05) is 31.0 Å². The molecule has 31 heavy (non-hydrogen) atoms. The number of amides is 1. The fourth-order valence-corrected chi connectivity index (χ4v) is 4.15. The summed E-state index contributed by atoms with van der Waals surface area (Å²) in [4.78, 5) is 21.4. The second-order valence-electron chi connectivity index (χ2n) is 7.05. The molecule has 10 nitrogen and oxygen atoms in total. The molecule has 0 bridgehead atoms. The van der Waals surface area contributed by atoms with E-state index in [2.05, 4.69) is 20.4 Å². The van der Waals surface area contributed by atoms with Crippen LogP contribution >= 0.6 is 0 Å². The quantitative estimate of drug-likeness (QED) is 0.451. The van der Waals surface area contributed by atoms with Crippen molar-refractivity contribution in [2.24, 2.45) is 0 Å². The van der Waals surface area contributed by atoms with Crippen LogP contribution < -0.4 is 5.32 Å². The fourth-order valence-electron chi connectivity index (χ4n) is 3.37. The molecule has 1 amide bonds. The minimum atomic E-state index is -3.61. The molecule has 5 rings (SSSR count). The van der Waals surface area contributed by atoms with Crippen LogP contribution in [0.3, 0.4) is 0 Å². The summed E-state index contributed by atoms with van der Waals surface area (Å²) in [5.41, 5.74) is 2.55. The van der Waals surface area contributed by atoms with Crippen LogP contribution in [-0.4, -0.2) is 49.1 Å². The maximum atomic E-state index is 12.8. The van der Waals surface area contributed by atoms with Crippen LogP contribution in [0, 0.1) is 0 Å². The first-order valence-corrected chi connectivity index (χ1v) is 11.2. The van der Waals surface area contributed by atoms with E-state index in [0.717, 1.165) is 17.6 Å². The number of nitrogens with zero attached hydrogens (tertiary/aromatic N) is 6. The highest BCUT2D eigenvalue weighted by molar-refractivity contribution is 7.90. The molecule has 0 atom stereocenters. The Hall–Kier alpha value is -3.99. The minimum absolute atomic E-state index is 0.0223. The number of hydrogen-bond donors (Lipinski definition) is 1. The topological polar surface area (TPSA) is 116 Å². The van der Waals surface area contributed by atoms with Gasteiger partial charge in [-0.05, 0) is 24.3 Å². The van der Waals surface area contributed by atoms with Crippen LogP contribution in [0.25, 0.3) is 11.2 Å². The summed E-state index contributed by atoms with van der Waals surface area (Å²) in [6, 6.07) is 10.8. The number of rotatable bonds is 5. The first-order valence-electron chi connectivity index (χ1n) is 9.32. The van der Waals surface area contributed by atoms with E-state index in [1.807, 2.05) is 35.0 Å². The number of carbonyl (C=O) groups is 1. The van der Waals surface area contributed by atoms with Crippen molar-refractivity contribution in [3.05, 3.63) is 78.8 Å². The van der Waals surface area contributed by atoms with Gasteiger partial charge < -0.3 is 9.72 Å². The average Bonchev–Trinajstić information content (AvgIpc) is 3.43. The number of sulfone groups is 1. The number of pyridine rings is 2. The third-order valence-electron chi connectivity index (χ3n) is 4.69. The molecule has 0 saturated heterocycles. The molecule has 0 aliphatic rings. The van der Waals surface area contributed by atoms with E-state index in [1.54, 1.807) is 35.3 Å². The van der Waals surface area contributed by atoms with Gasteiger partial charge in [0.15, 0.2) is 5.69 Å². The molecular formula is C20H17N7O3S. The van der Waals surface area contributed by atoms with Crippen LogP contribution in [0.15, 0.2) is 72.5 Å². The van der Waals surface area contributed by atoms with Crippen molar-refractivity contribution >= 4 is 32.6 Å². The Morgan fingerprint density at radius 2 is 1.87 bits per heavy atom. The van der Waals surface area contributed by atoms with Crippen molar-refractivity contribution < 1.29 is 13.2 Å². The van der Waals surface area contributed by atoms with Gasteiger partial charge in [-0.15, -0.1) is 0 Å². The van der Waals surface area contributed by atoms with Gasteiger partial charge in [-0.3, -0.25) is 13.9 Å². The normalized spacial score (nSPS) is 11.9. The molecule has 0 aliphatic carbocycles. The van der Waals surface area contributed by atoms with Gasteiger partial charge >= 0.3 is 0 Å². The first kappa shape index (κ1) is 19.0. The van der Waals surface area contributed by atoms with Crippen molar-refractivity contribution in [3.8, 4) is 0 Å². The number of nitrogens with one attached hydrogen (secondary N) is 1. The average molecular weight is 435 g/mol. The molecule has 0 radical (unpaired) electrons. The molecule has 0 aliphatic heterocycles. The van der Waals surface area contributed by atoms with Crippen molar-refractivity contribution in [3.63, 3.8) is 0 Å². The number of aromatic nitrogens is 6. The first-order chi connectivity index (χ1) is 14.9. The van der Waals surface area contributed by atoms with Crippen LogP contribution in [0.1, 0.15) is 16.2 Å². The van der Waals surface area contributed by atoms with Gasteiger partial charge in [-0.1, -0.05) is 12.1 Å². The molecule has 5 aromatic heterocycles. The highest BCUT2D eigenvalue weighted by atomic mass is 32.2. The van der Waals surface area contributed by atoms with E-state index in [1.165, 1.54) is 10.6 Å².